The maximum atomic E-state index is 12.5. The van der Waals surface area contributed by atoms with Gasteiger partial charge in [-0.25, -0.2) is 0 Å². The van der Waals surface area contributed by atoms with Crippen LogP contribution >= 0.6 is 0 Å². The molecule has 3 rings (SSSR count). The molecular formula is C20H24N2O2. The van der Waals surface area contributed by atoms with Crippen molar-refractivity contribution >= 4 is 5.91 Å². The lowest BCUT2D eigenvalue weighted by atomic mass is 10.1. The molecule has 0 spiro atoms. The molecule has 1 aromatic carbocycles. The van der Waals surface area contributed by atoms with Gasteiger partial charge in [-0.2, -0.15) is 0 Å². The Labute approximate surface area is 143 Å². The maximum Gasteiger partial charge on any atom is 0.255 e. The Hall–Kier alpha value is -2.36. The number of aryl methyl sites for hydroxylation is 3. The second kappa shape index (κ2) is 7.04. The van der Waals surface area contributed by atoms with Gasteiger partial charge in [0, 0.05) is 37.8 Å². The number of nitrogens with zero attached hydrogens (tertiary/aromatic N) is 2. The molecule has 24 heavy (non-hydrogen) atoms. The fourth-order valence-corrected chi connectivity index (χ4v) is 2.97. The largest absolute Gasteiger partial charge is 0.490 e. The van der Waals surface area contributed by atoms with Gasteiger partial charge in [0.25, 0.3) is 5.91 Å². The predicted molar refractivity (Wildman–Crippen MR) is 94.4 cm³/mol. The standard InChI is InChI=1S/C20H24N2O2/c1-14-4-5-15(2)19(12-14)24-18-8-10-22(11-9-18)20(23)17-7-6-16(3)21-13-17/h4-7,12-13,18H,8-11H2,1-3H3. The molecule has 0 radical (unpaired) electrons. The summed E-state index contributed by atoms with van der Waals surface area (Å²) < 4.78 is 6.17. The second-order valence-corrected chi connectivity index (χ2v) is 6.57. The highest BCUT2D eigenvalue weighted by molar-refractivity contribution is 5.94. The van der Waals surface area contributed by atoms with E-state index in [1.54, 1.807) is 6.20 Å². The first-order valence-corrected chi connectivity index (χ1v) is 8.49. The molecule has 4 heteroatoms. The van der Waals surface area contributed by atoms with Crippen LogP contribution in [0.5, 0.6) is 5.75 Å². The first-order valence-electron chi connectivity index (χ1n) is 8.49. The van der Waals surface area contributed by atoms with Gasteiger partial charge in [-0.3, -0.25) is 9.78 Å². The highest BCUT2D eigenvalue weighted by atomic mass is 16.5. The molecule has 0 bridgehead atoms. The molecule has 1 aliphatic rings. The third-order valence-corrected chi connectivity index (χ3v) is 4.52. The topological polar surface area (TPSA) is 42.4 Å². The Morgan fingerprint density at radius 1 is 1.12 bits per heavy atom. The fourth-order valence-electron chi connectivity index (χ4n) is 2.97. The van der Waals surface area contributed by atoms with Gasteiger partial charge >= 0.3 is 0 Å². The number of ether oxygens (including phenoxy) is 1. The first kappa shape index (κ1) is 16.5. The van der Waals surface area contributed by atoms with Crippen LogP contribution in [0.3, 0.4) is 0 Å². The van der Waals surface area contributed by atoms with E-state index in [0.717, 1.165) is 42.9 Å². The zero-order valence-electron chi connectivity index (χ0n) is 14.6. The Balaban J connectivity index is 1.58. The number of piperidine rings is 1. The zero-order valence-corrected chi connectivity index (χ0v) is 14.6. The minimum atomic E-state index is 0.0627. The average Bonchev–Trinajstić information content (AvgIpc) is 2.59. The zero-order chi connectivity index (χ0) is 17.1. The predicted octanol–water partition coefficient (Wildman–Crippen LogP) is 3.69. The number of pyridine rings is 1. The smallest absolute Gasteiger partial charge is 0.255 e. The molecule has 0 unspecified atom stereocenters. The molecule has 2 aromatic rings. The van der Waals surface area contributed by atoms with E-state index >= 15 is 0 Å². The molecule has 1 aliphatic heterocycles. The Bertz CT molecular complexity index is 717. The van der Waals surface area contributed by atoms with E-state index in [4.69, 9.17) is 4.74 Å². The molecule has 1 saturated heterocycles. The summed E-state index contributed by atoms with van der Waals surface area (Å²) in [5.41, 5.74) is 3.95. The van der Waals surface area contributed by atoms with Gasteiger partial charge < -0.3 is 9.64 Å². The van der Waals surface area contributed by atoms with Gasteiger partial charge in [-0.15, -0.1) is 0 Å². The van der Waals surface area contributed by atoms with Crippen molar-refractivity contribution in [3.8, 4) is 5.75 Å². The summed E-state index contributed by atoms with van der Waals surface area (Å²) in [7, 11) is 0. The molecule has 126 valence electrons. The third kappa shape index (κ3) is 3.75. The number of rotatable bonds is 3. The third-order valence-electron chi connectivity index (χ3n) is 4.52. The second-order valence-electron chi connectivity index (χ2n) is 6.57. The average molecular weight is 324 g/mol. The van der Waals surface area contributed by atoms with Crippen molar-refractivity contribution in [2.45, 2.75) is 39.7 Å². The van der Waals surface area contributed by atoms with Crippen molar-refractivity contribution in [1.29, 1.82) is 0 Å². The number of likely N-dealkylation sites (tertiary alicyclic amines) is 1. The highest BCUT2D eigenvalue weighted by Gasteiger charge is 2.25. The highest BCUT2D eigenvalue weighted by Crippen LogP contribution is 2.24. The van der Waals surface area contributed by atoms with Crippen molar-refractivity contribution in [2.75, 3.05) is 13.1 Å². The lowest BCUT2D eigenvalue weighted by molar-refractivity contribution is 0.0594. The Morgan fingerprint density at radius 2 is 1.88 bits per heavy atom. The van der Waals surface area contributed by atoms with Gasteiger partial charge in [0.15, 0.2) is 0 Å². The van der Waals surface area contributed by atoms with E-state index < -0.39 is 0 Å². The van der Waals surface area contributed by atoms with Gasteiger partial charge in [0.05, 0.1) is 5.56 Å². The number of hydrogen-bond acceptors (Lipinski definition) is 3. The van der Waals surface area contributed by atoms with Crippen LogP contribution in [0.4, 0.5) is 0 Å². The van der Waals surface area contributed by atoms with Crippen LogP contribution in [-0.4, -0.2) is 35.0 Å². The summed E-state index contributed by atoms with van der Waals surface area (Å²) in [4.78, 5) is 18.6. The summed E-state index contributed by atoms with van der Waals surface area (Å²) in [6.07, 6.45) is 3.55. The molecule has 1 amide bonds. The summed E-state index contributed by atoms with van der Waals surface area (Å²) in [5.74, 6) is 1.02. The van der Waals surface area contributed by atoms with Crippen LogP contribution in [0.2, 0.25) is 0 Å². The summed E-state index contributed by atoms with van der Waals surface area (Å²) in [6, 6.07) is 10.0. The van der Waals surface area contributed by atoms with Crippen molar-refractivity contribution < 1.29 is 9.53 Å². The number of amides is 1. The molecule has 1 fully saturated rings. The van der Waals surface area contributed by atoms with E-state index in [-0.39, 0.29) is 12.0 Å². The number of carbonyl (C=O) groups is 1. The van der Waals surface area contributed by atoms with E-state index in [2.05, 4.69) is 37.0 Å². The molecule has 4 nitrogen and oxygen atoms in total. The number of benzene rings is 1. The van der Waals surface area contributed by atoms with E-state index in [9.17, 15) is 4.79 Å². The maximum absolute atomic E-state index is 12.5. The van der Waals surface area contributed by atoms with Crippen LogP contribution < -0.4 is 4.74 Å². The normalized spacial score (nSPS) is 15.4. The lowest BCUT2D eigenvalue weighted by Crippen LogP contribution is -2.41. The number of aromatic nitrogens is 1. The minimum absolute atomic E-state index is 0.0627. The SMILES string of the molecule is Cc1ccc(C)c(OC2CCN(C(=O)c3ccc(C)nc3)CC2)c1. The fraction of sp³-hybridized carbons (Fsp3) is 0.400. The molecular weight excluding hydrogens is 300 g/mol. The molecule has 1 aromatic heterocycles. The van der Waals surface area contributed by atoms with Crippen molar-refractivity contribution in [2.24, 2.45) is 0 Å². The van der Waals surface area contributed by atoms with Crippen molar-refractivity contribution in [3.63, 3.8) is 0 Å². The molecule has 0 N–H and O–H groups in total. The summed E-state index contributed by atoms with van der Waals surface area (Å²) in [6.45, 7) is 7.51. The van der Waals surface area contributed by atoms with Crippen molar-refractivity contribution in [1.82, 2.24) is 9.88 Å². The van der Waals surface area contributed by atoms with Gasteiger partial charge in [-0.1, -0.05) is 12.1 Å². The van der Waals surface area contributed by atoms with Crippen LogP contribution in [0, 0.1) is 20.8 Å². The summed E-state index contributed by atoms with van der Waals surface area (Å²) in [5, 5.41) is 0. The van der Waals surface area contributed by atoms with Crippen LogP contribution in [0.15, 0.2) is 36.5 Å². The van der Waals surface area contributed by atoms with Crippen LogP contribution in [0.1, 0.15) is 40.0 Å². The number of carbonyl (C=O) groups excluding carboxylic acids is 1. The molecule has 0 atom stereocenters. The van der Waals surface area contributed by atoms with Gasteiger partial charge in [-0.05, 0) is 50.1 Å². The number of hydrogen-bond donors (Lipinski definition) is 0. The minimum Gasteiger partial charge on any atom is -0.490 e. The van der Waals surface area contributed by atoms with Crippen molar-refractivity contribution in [3.05, 3.63) is 58.9 Å². The monoisotopic (exact) mass is 324 g/mol. The summed E-state index contributed by atoms with van der Waals surface area (Å²) >= 11 is 0. The van der Waals surface area contributed by atoms with E-state index in [0.29, 0.717) is 5.56 Å². The van der Waals surface area contributed by atoms with E-state index in [1.165, 1.54) is 5.56 Å². The lowest BCUT2D eigenvalue weighted by Gasteiger charge is -2.32. The van der Waals surface area contributed by atoms with E-state index in [1.807, 2.05) is 24.0 Å². The molecule has 0 saturated carbocycles. The van der Waals surface area contributed by atoms with Gasteiger partial charge in [0.2, 0.25) is 0 Å². The molecule has 0 aliphatic carbocycles. The Morgan fingerprint density at radius 3 is 2.54 bits per heavy atom. The van der Waals surface area contributed by atoms with Gasteiger partial charge in [0.1, 0.15) is 11.9 Å². The van der Waals surface area contributed by atoms with Crippen LogP contribution in [-0.2, 0) is 0 Å². The first-order chi connectivity index (χ1) is 11.5. The molecule has 2 heterocycles. The Kier molecular flexibility index (Phi) is 4.84. The van der Waals surface area contributed by atoms with Crippen LogP contribution in [0.25, 0.3) is 0 Å². The quantitative estimate of drug-likeness (QED) is 0.865.